The molecule has 1 atom stereocenters. The molecule has 0 aromatic heterocycles. The summed E-state index contributed by atoms with van der Waals surface area (Å²) in [5.41, 5.74) is 0. The second-order valence-corrected chi connectivity index (χ2v) is 3.59. The maximum atomic E-state index is 5.00. The van der Waals surface area contributed by atoms with Gasteiger partial charge in [-0.05, 0) is 18.3 Å². The predicted octanol–water partition coefficient (Wildman–Crippen LogP) is 2.69. The smallest absolute Gasteiger partial charge is 0.0465 e. The Kier molecular flexibility index (Phi) is 6.44. The van der Waals surface area contributed by atoms with Gasteiger partial charge in [0.1, 0.15) is 0 Å². The van der Waals surface area contributed by atoms with Gasteiger partial charge in [-0.1, -0.05) is 29.8 Å². The van der Waals surface area contributed by atoms with Gasteiger partial charge >= 0.3 is 0 Å². The van der Waals surface area contributed by atoms with Gasteiger partial charge in [0.15, 0.2) is 0 Å². The summed E-state index contributed by atoms with van der Waals surface area (Å²) in [5.74, 6) is 1.52. The first-order valence-corrected chi connectivity index (χ1v) is 4.89. The predicted molar refractivity (Wildman–Crippen MR) is 48.6 cm³/mol. The molecule has 2 heteroatoms. The van der Waals surface area contributed by atoms with Crippen molar-refractivity contribution in [1.82, 2.24) is 0 Å². The molecule has 0 aliphatic carbocycles. The van der Waals surface area contributed by atoms with Crippen LogP contribution >= 0.6 is 15.9 Å². The maximum absolute atomic E-state index is 5.00. The standard InChI is InChI=1S/C8H17BrO/c1-7(2)8(6-9)4-5-10-3/h7-8H,4-6H2,1-3H3. The first-order chi connectivity index (χ1) is 4.72. The highest BCUT2D eigenvalue weighted by Crippen LogP contribution is 2.17. The zero-order chi connectivity index (χ0) is 7.98. The van der Waals surface area contributed by atoms with Crippen molar-refractivity contribution < 1.29 is 4.74 Å². The van der Waals surface area contributed by atoms with Crippen molar-refractivity contribution in [1.29, 1.82) is 0 Å². The van der Waals surface area contributed by atoms with Crippen LogP contribution in [0.2, 0.25) is 0 Å². The molecule has 0 aliphatic rings. The molecule has 0 spiro atoms. The third-order valence-electron chi connectivity index (χ3n) is 1.83. The Hall–Kier alpha value is 0.440. The molecular weight excluding hydrogens is 192 g/mol. The quantitative estimate of drug-likeness (QED) is 0.632. The number of halogens is 1. The molecule has 1 nitrogen and oxygen atoms in total. The summed E-state index contributed by atoms with van der Waals surface area (Å²) in [4.78, 5) is 0. The second kappa shape index (κ2) is 6.17. The van der Waals surface area contributed by atoms with Crippen molar-refractivity contribution in [2.45, 2.75) is 20.3 Å². The fourth-order valence-corrected chi connectivity index (χ4v) is 1.93. The van der Waals surface area contributed by atoms with Crippen LogP contribution in [0.1, 0.15) is 20.3 Å². The molecule has 0 rings (SSSR count). The monoisotopic (exact) mass is 208 g/mol. The summed E-state index contributed by atoms with van der Waals surface area (Å²) in [5, 5.41) is 1.09. The van der Waals surface area contributed by atoms with E-state index in [1.54, 1.807) is 7.11 Å². The molecule has 1 unspecified atom stereocenters. The Morgan fingerprint density at radius 3 is 2.30 bits per heavy atom. The van der Waals surface area contributed by atoms with Gasteiger partial charge in [0, 0.05) is 19.0 Å². The van der Waals surface area contributed by atoms with E-state index in [1.807, 2.05) is 0 Å². The Morgan fingerprint density at radius 1 is 1.40 bits per heavy atom. The molecule has 10 heavy (non-hydrogen) atoms. The molecule has 0 N–H and O–H groups in total. The molecule has 0 fully saturated rings. The lowest BCUT2D eigenvalue weighted by molar-refractivity contribution is 0.171. The number of hydrogen-bond acceptors (Lipinski definition) is 1. The minimum atomic E-state index is 0.759. The molecule has 0 amide bonds. The minimum Gasteiger partial charge on any atom is -0.385 e. The van der Waals surface area contributed by atoms with Crippen molar-refractivity contribution in [3.05, 3.63) is 0 Å². The summed E-state index contributed by atoms with van der Waals surface area (Å²) in [6, 6.07) is 0. The number of hydrogen-bond donors (Lipinski definition) is 0. The van der Waals surface area contributed by atoms with E-state index in [0.29, 0.717) is 0 Å². The third-order valence-corrected chi connectivity index (χ3v) is 2.67. The minimum absolute atomic E-state index is 0.759. The molecule has 0 heterocycles. The van der Waals surface area contributed by atoms with E-state index < -0.39 is 0 Å². The number of rotatable bonds is 5. The Balaban J connectivity index is 3.40. The van der Waals surface area contributed by atoms with Crippen molar-refractivity contribution in [3.8, 4) is 0 Å². The van der Waals surface area contributed by atoms with Crippen LogP contribution in [0, 0.1) is 11.8 Å². The molecule has 0 aromatic rings. The van der Waals surface area contributed by atoms with Crippen molar-refractivity contribution >= 4 is 15.9 Å². The van der Waals surface area contributed by atoms with Crippen LogP contribution in [0.25, 0.3) is 0 Å². The first-order valence-electron chi connectivity index (χ1n) is 3.77. The summed E-state index contributed by atoms with van der Waals surface area (Å²) in [6.07, 6.45) is 1.17. The van der Waals surface area contributed by atoms with Gasteiger partial charge in [0.25, 0.3) is 0 Å². The number of methoxy groups -OCH3 is 1. The van der Waals surface area contributed by atoms with Crippen LogP contribution in [-0.4, -0.2) is 19.0 Å². The van der Waals surface area contributed by atoms with Crippen LogP contribution < -0.4 is 0 Å². The summed E-state index contributed by atoms with van der Waals surface area (Å²) in [7, 11) is 1.76. The Labute approximate surface area is 72.3 Å². The normalized spacial score (nSPS) is 14.1. The molecule has 62 valence electrons. The van der Waals surface area contributed by atoms with E-state index in [1.165, 1.54) is 6.42 Å². The van der Waals surface area contributed by atoms with Gasteiger partial charge in [-0.3, -0.25) is 0 Å². The highest BCUT2D eigenvalue weighted by Gasteiger charge is 2.10. The highest BCUT2D eigenvalue weighted by molar-refractivity contribution is 9.09. The molecule has 0 aliphatic heterocycles. The van der Waals surface area contributed by atoms with Crippen molar-refractivity contribution in [2.24, 2.45) is 11.8 Å². The van der Waals surface area contributed by atoms with E-state index in [-0.39, 0.29) is 0 Å². The molecule has 0 saturated carbocycles. The lowest BCUT2D eigenvalue weighted by atomic mass is 9.95. The van der Waals surface area contributed by atoms with E-state index in [0.717, 1.165) is 23.8 Å². The lowest BCUT2D eigenvalue weighted by Crippen LogP contribution is -2.12. The van der Waals surface area contributed by atoms with Gasteiger partial charge < -0.3 is 4.74 Å². The van der Waals surface area contributed by atoms with Crippen molar-refractivity contribution in [2.75, 3.05) is 19.0 Å². The van der Waals surface area contributed by atoms with Gasteiger partial charge in [0.2, 0.25) is 0 Å². The van der Waals surface area contributed by atoms with Crippen LogP contribution in [0.5, 0.6) is 0 Å². The zero-order valence-electron chi connectivity index (χ0n) is 7.06. The molecule has 0 bridgehead atoms. The topological polar surface area (TPSA) is 9.23 Å². The molecule has 0 aromatic carbocycles. The number of ether oxygens (including phenoxy) is 1. The van der Waals surface area contributed by atoms with Gasteiger partial charge in [-0.2, -0.15) is 0 Å². The van der Waals surface area contributed by atoms with E-state index >= 15 is 0 Å². The Bertz CT molecular complexity index is 73.7. The van der Waals surface area contributed by atoms with Gasteiger partial charge in [-0.15, -0.1) is 0 Å². The molecular formula is C8H17BrO. The fraction of sp³-hybridized carbons (Fsp3) is 1.00. The first kappa shape index (κ1) is 10.4. The molecule has 0 saturated heterocycles. The summed E-state index contributed by atoms with van der Waals surface area (Å²) >= 11 is 3.49. The SMILES string of the molecule is COCCC(CBr)C(C)C. The van der Waals surface area contributed by atoms with Gasteiger partial charge in [0.05, 0.1) is 0 Å². The third kappa shape index (κ3) is 4.29. The zero-order valence-corrected chi connectivity index (χ0v) is 8.65. The van der Waals surface area contributed by atoms with Crippen LogP contribution in [0.3, 0.4) is 0 Å². The van der Waals surface area contributed by atoms with E-state index in [9.17, 15) is 0 Å². The van der Waals surface area contributed by atoms with Crippen LogP contribution in [0.4, 0.5) is 0 Å². The van der Waals surface area contributed by atoms with E-state index in [4.69, 9.17) is 4.74 Å². The average Bonchev–Trinajstić information content (AvgIpc) is 1.89. The Morgan fingerprint density at radius 2 is 2.00 bits per heavy atom. The maximum Gasteiger partial charge on any atom is 0.0465 e. The summed E-state index contributed by atoms with van der Waals surface area (Å²) in [6.45, 7) is 5.39. The second-order valence-electron chi connectivity index (χ2n) is 2.94. The average molecular weight is 209 g/mol. The van der Waals surface area contributed by atoms with Crippen LogP contribution in [-0.2, 0) is 4.74 Å². The largest absolute Gasteiger partial charge is 0.385 e. The van der Waals surface area contributed by atoms with Crippen LogP contribution in [0.15, 0.2) is 0 Å². The molecule has 0 radical (unpaired) electrons. The lowest BCUT2D eigenvalue weighted by Gasteiger charge is -2.16. The number of alkyl halides is 1. The fourth-order valence-electron chi connectivity index (χ4n) is 0.858. The summed E-state index contributed by atoms with van der Waals surface area (Å²) < 4.78 is 5.00. The van der Waals surface area contributed by atoms with Gasteiger partial charge in [-0.25, -0.2) is 0 Å². The van der Waals surface area contributed by atoms with E-state index in [2.05, 4.69) is 29.8 Å². The van der Waals surface area contributed by atoms with Crippen molar-refractivity contribution in [3.63, 3.8) is 0 Å². The highest BCUT2D eigenvalue weighted by atomic mass is 79.9.